The van der Waals surface area contributed by atoms with E-state index >= 15 is 0 Å². The highest BCUT2D eigenvalue weighted by molar-refractivity contribution is 5.99. The Hall–Kier alpha value is -2.70. The molecule has 0 bridgehead atoms. The van der Waals surface area contributed by atoms with Gasteiger partial charge in [-0.15, -0.1) is 0 Å². The maximum absolute atomic E-state index is 13.2. The van der Waals surface area contributed by atoms with Gasteiger partial charge in [-0.2, -0.15) is 0 Å². The van der Waals surface area contributed by atoms with Crippen molar-refractivity contribution in [1.29, 1.82) is 0 Å². The molecule has 10 nitrogen and oxygen atoms in total. The first-order chi connectivity index (χ1) is 17.9. The number of nitrogens with one attached hydrogen (secondary N) is 3. The Labute approximate surface area is 265 Å². The van der Waals surface area contributed by atoms with E-state index in [2.05, 4.69) is 15.6 Å². The lowest BCUT2D eigenvalue weighted by Gasteiger charge is -2.24. The minimum Gasteiger partial charge on any atom is -1.00 e. The number of aromatic nitrogens is 1. The molecule has 1 heterocycles. The minimum absolute atomic E-state index is 0. The number of nitrogens with zero attached hydrogens (tertiary/aromatic N) is 1. The van der Waals surface area contributed by atoms with Crippen LogP contribution in [0, 0.1) is 0 Å². The minimum atomic E-state index is -1.12. The fraction of sp³-hybridized carbons (Fsp3) is 0.333. The van der Waals surface area contributed by atoms with E-state index in [0.717, 1.165) is 16.5 Å². The van der Waals surface area contributed by atoms with Crippen molar-refractivity contribution in [3.63, 3.8) is 0 Å². The summed E-state index contributed by atoms with van der Waals surface area (Å²) in [7, 11) is 0. The number of aromatic amines is 1. The third kappa shape index (κ3) is 12.8. The number of fused-ring (bicyclic) bond motifs is 1. The number of carbonyl (C=O) groups is 3. The number of benzene rings is 2. The topological polar surface area (TPSA) is 171 Å². The van der Waals surface area contributed by atoms with Crippen LogP contribution in [0.5, 0.6) is 0 Å². The number of pyridine rings is 1. The SMILES string of the molecule is NCCN(CCN)C(=O)C[C@@H](N)C(=O)N[C@H](CCc1ccccc1)C(=O)Nc1c[nH+]c2ccccc2c1.[Cl-].[Cl-].[Cl-].[Cl-]. The Morgan fingerprint density at radius 2 is 1.46 bits per heavy atom. The molecular weight excluding hydrogens is 612 g/mol. The van der Waals surface area contributed by atoms with E-state index in [1.807, 2.05) is 60.7 Å². The summed E-state index contributed by atoms with van der Waals surface area (Å²) >= 11 is 0. The standard InChI is InChI=1S/C27H35N7O3.4ClH/c28-12-14-34(15-13-29)25(35)17-22(30)26(36)33-24(11-10-19-6-2-1-3-7-19)27(37)32-21-16-20-8-4-5-9-23(20)31-18-21;;;;/h1-9,16,18,22,24H,10-15,17,28-30H2,(H,32,37)(H,33,36);4*1H/p-3/t22-,24-;;;;/m1..../s1. The van der Waals surface area contributed by atoms with E-state index < -0.39 is 18.0 Å². The molecule has 41 heavy (non-hydrogen) atoms. The van der Waals surface area contributed by atoms with Crippen LogP contribution in [-0.2, 0) is 20.8 Å². The van der Waals surface area contributed by atoms with Crippen molar-refractivity contribution in [3.05, 3.63) is 72.4 Å². The number of halogens is 4. The molecule has 9 N–H and O–H groups in total. The van der Waals surface area contributed by atoms with Crippen LogP contribution in [0.2, 0.25) is 0 Å². The van der Waals surface area contributed by atoms with Gasteiger partial charge in [-0.1, -0.05) is 42.5 Å². The van der Waals surface area contributed by atoms with Gasteiger partial charge in [0, 0.05) is 37.6 Å². The van der Waals surface area contributed by atoms with E-state index in [4.69, 9.17) is 17.2 Å². The molecular formula is C27H36Cl4N7O3-3. The molecule has 2 aromatic carbocycles. The van der Waals surface area contributed by atoms with Gasteiger partial charge in [0.1, 0.15) is 11.7 Å². The Bertz CT molecular complexity index is 1200. The fourth-order valence-electron chi connectivity index (χ4n) is 4.01. The second-order valence-corrected chi connectivity index (χ2v) is 8.82. The van der Waals surface area contributed by atoms with Gasteiger partial charge in [-0.05, 0) is 30.5 Å². The predicted molar refractivity (Wildman–Crippen MR) is 143 cm³/mol. The molecule has 0 aliphatic carbocycles. The number of hydrogen-bond donors (Lipinski definition) is 5. The molecule has 0 saturated carbocycles. The van der Waals surface area contributed by atoms with Crippen LogP contribution in [0.15, 0.2) is 66.9 Å². The third-order valence-corrected chi connectivity index (χ3v) is 6.00. The van der Waals surface area contributed by atoms with Crippen molar-refractivity contribution in [2.45, 2.75) is 31.3 Å². The van der Waals surface area contributed by atoms with Crippen molar-refractivity contribution in [1.82, 2.24) is 10.2 Å². The normalized spacial score (nSPS) is 11.3. The number of anilines is 1. The molecule has 14 heteroatoms. The molecule has 3 rings (SSSR count). The van der Waals surface area contributed by atoms with Crippen LogP contribution < -0.4 is 82.4 Å². The summed E-state index contributed by atoms with van der Waals surface area (Å²) in [6, 6.07) is 17.3. The van der Waals surface area contributed by atoms with Crippen LogP contribution >= 0.6 is 0 Å². The molecule has 0 aliphatic heterocycles. The molecule has 0 radical (unpaired) electrons. The molecule has 0 spiro atoms. The smallest absolute Gasteiger partial charge is 0.247 e. The third-order valence-electron chi connectivity index (χ3n) is 6.00. The zero-order valence-electron chi connectivity index (χ0n) is 22.4. The Morgan fingerprint density at radius 3 is 2.10 bits per heavy atom. The van der Waals surface area contributed by atoms with Gasteiger partial charge in [0.05, 0.1) is 12.5 Å². The lowest BCUT2D eigenvalue weighted by atomic mass is 10.0. The van der Waals surface area contributed by atoms with Crippen molar-refractivity contribution in [2.24, 2.45) is 17.2 Å². The Balaban J connectivity index is 0. The van der Waals surface area contributed by atoms with Crippen LogP contribution in [0.3, 0.4) is 0 Å². The molecule has 0 fully saturated rings. The number of H-pyrrole nitrogens is 1. The molecule has 3 aromatic rings. The van der Waals surface area contributed by atoms with Gasteiger partial charge in [0.2, 0.25) is 23.2 Å². The van der Waals surface area contributed by atoms with E-state index in [-0.39, 0.29) is 81.0 Å². The maximum Gasteiger partial charge on any atom is 0.247 e. The quantitative estimate of drug-likeness (QED) is 0.123. The Kier molecular flexibility index (Phi) is 20.8. The molecule has 0 saturated heterocycles. The number of rotatable bonds is 13. The number of nitrogens with two attached hydrogens (primary N) is 3. The summed E-state index contributed by atoms with van der Waals surface area (Å²) in [6.45, 7) is 1.22. The summed E-state index contributed by atoms with van der Waals surface area (Å²) in [5.41, 5.74) is 19.7. The second kappa shape index (κ2) is 21.1. The molecule has 0 aliphatic rings. The molecule has 228 valence electrons. The van der Waals surface area contributed by atoms with Crippen LogP contribution in [-0.4, -0.2) is 60.9 Å². The first kappa shape index (κ1) is 40.4. The number of aryl methyl sites for hydroxylation is 1. The van der Waals surface area contributed by atoms with Crippen molar-refractivity contribution < 1.29 is 69.0 Å². The predicted octanol–water partition coefficient (Wildman–Crippen LogP) is -11.8. The molecule has 0 unspecified atom stereocenters. The van der Waals surface area contributed by atoms with E-state index in [9.17, 15) is 14.4 Å². The average molecular weight is 648 g/mol. The van der Waals surface area contributed by atoms with Gasteiger partial charge in [0.15, 0.2) is 6.20 Å². The molecule has 1 aromatic heterocycles. The summed E-state index contributed by atoms with van der Waals surface area (Å²) in [5.74, 6) is -1.26. The maximum atomic E-state index is 13.2. The number of para-hydroxylation sites is 1. The summed E-state index contributed by atoms with van der Waals surface area (Å²) in [4.78, 5) is 43.4. The monoisotopic (exact) mass is 646 g/mol. The second-order valence-electron chi connectivity index (χ2n) is 8.82. The highest BCUT2D eigenvalue weighted by atomic mass is 35.5. The Morgan fingerprint density at radius 1 is 0.854 bits per heavy atom. The highest BCUT2D eigenvalue weighted by Gasteiger charge is 2.27. The van der Waals surface area contributed by atoms with Gasteiger partial charge in [-0.25, -0.2) is 4.98 Å². The lowest BCUT2D eigenvalue weighted by molar-refractivity contribution is -0.343. The number of amides is 3. The van der Waals surface area contributed by atoms with Crippen LogP contribution in [0.25, 0.3) is 10.9 Å². The molecule has 3 amide bonds. The van der Waals surface area contributed by atoms with Gasteiger partial charge in [-0.3, -0.25) is 14.4 Å². The van der Waals surface area contributed by atoms with E-state index in [1.54, 1.807) is 6.20 Å². The van der Waals surface area contributed by atoms with Crippen LogP contribution in [0.1, 0.15) is 18.4 Å². The lowest BCUT2D eigenvalue weighted by Crippen LogP contribution is -3.00. The van der Waals surface area contributed by atoms with Gasteiger partial charge >= 0.3 is 0 Å². The zero-order valence-corrected chi connectivity index (χ0v) is 25.4. The van der Waals surface area contributed by atoms with Crippen molar-refractivity contribution >= 4 is 34.3 Å². The summed E-state index contributed by atoms with van der Waals surface area (Å²) < 4.78 is 0. The zero-order chi connectivity index (χ0) is 26.6. The van der Waals surface area contributed by atoms with Gasteiger partial charge in [0.25, 0.3) is 0 Å². The summed E-state index contributed by atoms with van der Waals surface area (Å²) in [6.07, 6.45) is 2.41. The van der Waals surface area contributed by atoms with E-state index in [1.165, 1.54) is 4.90 Å². The summed E-state index contributed by atoms with van der Waals surface area (Å²) in [5, 5.41) is 6.56. The van der Waals surface area contributed by atoms with Crippen LogP contribution in [0.4, 0.5) is 5.69 Å². The first-order valence-electron chi connectivity index (χ1n) is 12.4. The first-order valence-corrected chi connectivity index (χ1v) is 12.4. The van der Waals surface area contributed by atoms with Crippen molar-refractivity contribution in [2.75, 3.05) is 31.5 Å². The number of carbonyl (C=O) groups excluding carboxylic acids is 3. The van der Waals surface area contributed by atoms with E-state index in [0.29, 0.717) is 31.6 Å². The van der Waals surface area contributed by atoms with Crippen molar-refractivity contribution in [3.8, 4) is 0 Å². The van der Waals surface area contributed by atoms with Gasteiger partial charge < -0.3 is 82.4 Å². The fourth-order valence-corrected chi connectivity index (χ4v) is 4.01. The largest absolute Gasteiger partial charge is 1.00 e. The number of hydrogen-bond acceptors (Lipinski definition) is 6. The molecule has 2 atom stereocenters. The average Bonchev–Trinajstić information content (AvgIpc) is 2.91. The highest BCUT2D eigenvalue weighted by Crippen LogP contribution is 2.15.